The topological polar surface area (TPSA) is 84.9 Å². The van der Waals surface area contributed by atoms with Gasteiger partial charge in [0.1, 0.15) is 5.75 Å². The van der Waals surface area contributed by atoms with Crippen molar-refractivity contribution in [3.8, 4) is 5.75 Å². The fourth-order valence-electron chi connectivity index (χ4n) is 3.33. The van der Waals surface area contributed by atoms with E-state index < -0.39 is 0 Å². The molecule has 0 aliphatic carbocycles. The van der Waals surface area contributed by atoms with E-state index in [1.807, 2.05) is 0 Å². The highest BCUT2D eigenvalue weighted by molar-refractivity contribution is 5.97. The number of hydrogen-bond acceptors (Lipinski definition) is 5. The Labute approximate surface area is 169 Å². The molecule has 0 spiro atoms. The van der Waals surface area contributed by atoms with Crippen LogP contribution < -0.4 is 15.0 Å². The van der Waals surface area contributed by atoms with Crippen molar-refractivity contribution < 1.29 is 23.9 Å². The molecular weight excluding hydrogens is 372 g/mol. The van der Waals surface area contributed by atoms with Gasteiger partial charge in [0.25, 0.3) is 5.91 Å². The van der Waals surface area contributed by atoms with Crippen LogP contribution in [0.4, 0.5) is 5.69 Å². The minimum absolute atomic E-state index is 0.00765. The van der Waals surface area contributed by atoms with E-state index >= 15 is 0 Å². The Kier molecular flexibility index (Phi) is 6.49. The zero-order valence-electron chi connectivity index (χ0n) is 16.6. The number of nitrogens with zero attached hydrogens (tertiary/aromatic N) is 1. The maximum atomic E-state index is 12.6. The Balaban J connectivity index is 1.48. The molecule has 0 aromatic heterocycles. The van der Waals surface area contributed by atoms with Crippen molar-refractivity contribution in [2.45, 2.75) is 19.3 Å². The summed E-state index contributed by atoms with van der Waals surface area (Å²) in [7, 11) is 2.92. The molecule has 3 rings (SSSR count). The van der Waals surface area contributed by atoms with Gasteiger partial charge in [0.05, 0.1) is 19.8 Å². The summed E-state index contributed by atoms with van der Waals surface area (Å²) in [5, 5.41) is 2.83. The van der Waals surface area contributed by atoms with E-state index in [1.54, 1.807) is 54.5 Å². The van der Waals surface area contributed by atoms with Crippen molar-refractivity contribution in [1.29, 1.82) is 0 Å². The van der Waals surface area contributed by atoms with Crippen molar-refractivity contribution in [2.24, 2.45) is 0 Å². The van der Waals surface area contributed by atoms with Crippen LogP contribution in [0.5, 0.6) is 5.75 Å². The number of amides is 2. The molecule has 0 fully saturated rings. The van der Waals surface area contributed by atoms with Crippen LogP contribution in [0.2, 0.25) is 0 Å². The smallest absolute Gasteiger partial charge is 0.337 e. The molecule has 0 unspecified atom stereocenters. The van der Waals surface area contributed by atoms with Crippen molar-refractivity contribution in [1.82, 2.24) is 5.32 Å². The summed E-state index contributed by atoms with van der Waals surface area (Å²) in [5.74, 6) is 0.136. The van der Waals surface area contributed by atoms with Gasteiger partial charge in [0.2, 0.25) is 5.91 Å². The predicted molar refractivity (Wildman–Crippen MR) is 108 cm³/mol. The number of esters is 1. The van der Waals surface area contributed by atoms with Gasteiger partial charge in [-0.3, -0.25) is 9.59 Å². The number of benzene rings is 2. The third kappa shape index (κ3) is 4.74. The van der Waals surface area contributed by atoms with Gasteiger partial charge < -0.3 is 19.7 Å². The molecule has 0 bridgehead atoms. The predicted octanol–water partition coefficient (Wildman–Crippen LogP) is 2.58. The molecule has 2 amide bonds. The second-order valence-electron chi connectivity index (χ2n) is 6.72. The Morgan fingerprint density at radius 2 is 1.76 bits per heavy atom. The lowest BCUT2D eigenvalue weighted by Crippen LogP contribution is -2.30. The summed E-state index contributed by atoms with van der Waals surface area (Å²) in [6.45, 7) is 1.01. The Morgan fingerprint density at radius 3 is 2.45 bits per heavy atom. The van der Waals surface area contributed by atoms with E-state index in [-0.39, 0.29) is 17.8 Å². The molecule has 0 saturated carbocycles. The summed E-state index contributed by atoms with van der Waals surface area (Å²) in [4.78, 5) is 38.1. The van der Waals surface area contributed by atoms with Crippen molar-refractivity contribution in [3.05, 3.63) is 59.2 Å². The Bertz CT molecular complexity index is 908. The van der Waals surface area contributed by atoms with Crippen LogP contribution in [0, 0.1) is 0 Å². The minimum atomic E-state index is -0.384. The van der Waals surface area contributed by atoms with Gasteiger partial charge in [-0.1, -0.05) is 0 Å². The summed E-state index contributed by atoms with van der Waals surface area (Å²) in [5.41, 5.74) is 2.84. The third-order valence-corrected chi connectivity index (χ3v) is 4.90. The molecule has 1 heterocycles. The number of hydrogen-bond donors (Lipinski definition) is 1. The van der Waals surface area contributed by atoms with Crippen molar-refractivity contribution in [2.75, 3.05) is 32.2 Å². The van der Waals surface area contributed by atoms with E-state index in [0.29, 0.717) is 49.2 Å². The van der Waals surface area contributed by atoms with Crippen LogP contribution >= 0.6 is 0 Å². The number of carbonyl (C=O) groups is 3. The van der Waals surface area contributed by atoms with Crippen LogP contribution in [0.25, 0.3) is 0 Å². The lowest BCUT2D eigenvalue weighted by atomic mass is 10.1. The van der Waals surface area contributed by atoms with E-state index in [0.717, 1.165) is 11.3 Å². The SMILES string of the molecule is COC(=O)c1ccc2c(c1)CCN2C(=O)CCCNC(=O)c1ccc(OC)cc1. The molecular formula is C22H24N2O5. The molecule has 1 aliphatic rings. The maximum Gasteiger partial charge on any atom is 0.337 e. The molecule has 7 nitrogen and oxygen atoms in total. The average molecular weight is 396 g/mol. The number of rotatable bonds is 7. The van der Waals surface area contributed by atoms with Gasteiger partial charge in [-0.2, -0.15) is 0 Å². The zero-order chi connectivity index (χ0) is 20.8. The molecule has 152 valence electrons. The van der Waals surface area contributed by atoms with E-state index in [4.69, 9.17) is 9.47 Å². The standard InChI is InChI=1S/C22H24N2O5/c1-28-18-8-5-15(6-9-18)21(26)23-12-3-4-20(25)24-13-11-16-14-17(22(27)29-2)7-10-19(16)24/h5-10,14H,3-4,11-13H2,1-2H3,(H,23,26). The number of methoxy groups -OCH3 is 2. The Hall–Kier alpha value is -3.35. The van der Waals surface area contributed by atoms with Gasteiger partial charge in [-0.05, 0) is 60.9 Å². The van der Waals surface area contributed by atoms with Crippen LogP contribution in [0.15, 0.2) is 42.5 Å². The first kappa shape index (κ1) is 20.4. The zero-order valence-corrected chi connectivity index (χ0v) is 16.6. The first-order valence-electron chi connectivity index (χ1n) is 9.47. The fraction of sp³-hybridized carbons (Fsp3) is 0.318. The molecule has 0 saturated heterocycles. The van der Waals surface area contributed by atoms with Crippen molar-refractivity contribution in [3.63, 3.8) is 0 Å². The van der Waals surface area contributed by atoms with Crippen LogP contribution in [0.3, 0.4) is 0 Å². The first-order chi connectivity index (χ1) is 14.0. The van der Waals surface area contributed by atoms with E-state index in [2.05, 4.69) is 5.32 Å². The maximum absolute atomic E-state index is 12.6. The van der Waals surface area contributed by atoms with Gasteiger partial charge in [0, 0.05) is 30.8 Å². The molecule has 2 aromatic carbocycles. The summed E-state index contributed by atoms with van der Waals surface area (Å²) in [6, 6.07) is 12.1. The largest absolute Gasteiger partial charge is 0.497 e. The highest BCUT2D eigenvalue weighted by Crippen LogP contribution is 2.29. The lowest BCUT2D eigenvalue weighted by Gasteiger charge is -2.17. The summed E-state index contributed by atoms with van der Waals surface area (Å²) >= 11 is 0. The summed E-state index contributed by atoms with van der Waals surface area (Å²) in [6.07, 6.45) is 1.59. The fourth-order valence-corrected chi connectivity index (χ4v) is 3.33. The van der Waals surface area contributed by atoms with E-state index in [9.17, 15) is 14.4 Å². The second-order valence-corrected chi connectivity index (χ2v) is 6.72. The highest BCUT2D eigenvalue weighted by Gasteiger charge is 2.25. The number of anilines is 1. The molecule has 29 heavy (non-hydrogen) atoms. The highest BCUT2D eigenvalue weighted by atomic mass is 16.5. The van der Waals surface area contributed by atoms with Crippen LogP contribution in [0.1, 0.15) is 39.1 Å². The van der Waals surface area contributed by atoms with Gasteiger partial charge >= 0.3 is 5.97 Å². The van der Waals surface area contributed by atoms with E-state index in [1.165, 1.54) is 7.11 Å². The molecule has 1 N–H and O–H groups in total. The summed E-state index contributed by atoms with van der Waals surface area (Å²) < 4.78 is 9.81. The number of carbonyl (C=O) groups excluding carboxylic acids is 3. The molecule has 1 aliphatic heterocycles. The number of ether oxygens (including phenoxy) is 2. The molecule has 2 aromatic rings. The number of nitrogens with one attached hydrogen (secondary N) is 1. The quantitative estimate of drug-likeness (QED) is 0.574. The normalized spacial score (nSPS) is 12.3. The van der Waals surface area contributed by atoms with Crippen LogP contribution in [-0.2, 0) is 16.0 Å². The number of fused-ring (bicyclic) bond motifs is 1. The van der Waals surface area contributed by atoms with Crippen molar-refractivity contribution >= 4 is 23.5 Å². The van der Waals surface area contributed by atoms with Crippen LogP contribution in [-0.4, -0.2) is 45.1 Å². The molecule has 7 heteroatoms. The monoisotopic (exact) mass is 396 g/mol. The minimum Gasteiger partial charge on any atom is -0.497 e. The molecule has 0 atom stereocenters. The first-order valence-corrected chi connectivity index (χ1v) is 9.47. The van der Waals surface area contributed by atoms with Gasteiger partial charge in [-0.25, -0.2) is 4.79 Å². The third-order valence-electron chi connectivity index (χ3n) is 4.90. The van der Waals surface area contributed by atoms with Gasteiger partial charge in [-0.15, -0.1) is 0 Å². The lowest BCUT2D eigenvalue weighted by molar-refractivity contribution is -0.118. The second kappa shape index (κ2) is 9.23. The average Bonchev–Trinajstić information content (AvgIpc) is 3.19. The van der Waals surface area contributed by atoms with Gasteiger partial charge in [0.15, 0.2) is 0 Å². The Morgan fingerprint density at radius 1 is 1.03 bits per heavy atom. The molecule has 0 radical (unpaired) electrons.